The summed E-state index contributed by atoms with van der Waals surface area (Å²) in [6.07, 6.45) is 1.36. The number of rotatable bonds is 3. The number of nitrogens with zero attached hydrogens (tertiary/aromatic N) is 2. The number of nitrogens with one attached hydrogen (secondary N) is 1. The van der Waals surface area contributed by atoms with Gasteiger partial charge in [-0.05, 0) is 45.4 Å². The van der Waals surface area contributed by atoms with Crippen LogP contribution in [0.4, 0.5) is 10.5 Å². The molecule has 1 fully saturated rings. The smallest absolute Gasteiger partial charge is 0.410 e. The Morgan fingerprint density at radius 3 is 2.47 bits per heavy atom. The normalized spacial score (nSPS) is 18.6. The van der Waals surface area contributed by atoms with Crippen LogP contribution in [-0.4, -0.2) is 40.6 Å². The molecule has 0 saturated carbocycles. The average molecular weight is 432 g/mol. The molecule has 2 amide bonds. The van der Waals surface area contributed by atoms with Gasteiger partial charge in [-0.2, -0.15) is 0 Å². The number of carbonyl (C=O) groups excluding carboxylic acids is 2. The third-order valence-electron chi connectivity index (χ3n) is 5.80. The summed E-state index contributed by atoms with van der Waals surface area (Å²) in [4.78, 5) is 32.2. The van der Waals surface area contributed by atoms with Crippen molar-refractivity contribution in [2.45, 2.75) is 39.2 Å². The minimum Gasteiger partial charge on any atom is -0.444 e. The molecule has 2 heterocycles. The lowest BCUT2D eigenvalue weighted by Gasteiger charge is -2.24. The van der Waals surface area contributed by atoms with Crippen molar-refractivity contribution < 1.29 is 14.3 Å². The largest absolute Gasteiger partial charge is 0.444 e. The van der Waals surface area contributed by atoms with Crippen LogP contribution in [0.15, 0.2) is 60.8 Å². The number of pyridine rings is 1. The van der Waals surface area contributed by atoms with E-state index in [9.17, 15) is 9.59 Å². The van der Waals surface area contributed by atoms with Gasteiger partial charge in [0.05, 0.1) is 5.92 Å². The summed E-state index contributed by atoms with van der Waals surface area (Å²) in [6, 6.07) is 17.6. The summed E-state index contributed by atoms with van der Waals surface area (Å²) < 4.78 is 5.57. The number of anilines is 1. The van der Waals surface area contributed by atoms with Crippen LogP contribution in [-0.2, 0) is 9.53 Å². The number of likely N-dealkylation sites (tertiary alicyclic amines) is 1. The first-order valence-electron chi connectivity index (χ1n) is 10.9. The molecule has 1 aromatic heterocycles. The Morgan fingerprint density at radius 1 is 1.00 bits per heavy atom. The third kappa shape index (κ3) is 4.59. The summed E-state index contributed by atoms with van der Waals surface area (Å²) in [5.74, 6) is -0.600. The number of aryl methyl sites for hydroxylation is 1. The van der Waals surface area contributed by atoms with Crippen LogP contribution in [0.1, 0.15) is 37.9 Å². The number of ether oxygens (including phenoxy) is 1. The molecule has 1 saturated heterocycles. The third-order valence-corrected chi connectivity index (χ3v) is 5.80. The predicted molar refractivity (Wildman–Crippen MR) is 126 cm³/mol. The van der Waals surface area contributed by atoms with Gasteiger partial charge in [-0.15, -0.1) is 0 Å². The minimum absolute atomic E-state index is 0.105. The highest BCUT2D eigenvalue weighted by molar-refractivity contribution is 6.03. The molecule has 1 aliphatic rings. The summed E-state index contributed by atoms with van der Waals surface area (Å²) >= 11 is 0. The Morgan fingerprint density at radius 2 is 1.75 bits per heavy atom. The average Bonchev–Trinajstić information content (AvgIpc) is 3.20. The number of benzene rings is 2. The molecule has 32 heavy (non-hydrogen) atoms. The van der Waals surface area contributed by atoms with Crippen LogP contribution >= 0.6 is 0 Å². The molecular weight excluding hydrogens is 402 g/mol. The van der Waals surface area contributed by atoms with E-state index >= 15 is 0 Å². The Bertz CT molecular complexity index is 1140. The maximum absolute atomic E-state index is 13.5. The molecule has 2 aromatic carbocycles. The Labute approximate surface area is 188 Å². The molecule has 6 nitrogen and oxygen atoms in total. The zero-order chi connectivity index (χ0) is 22.9. The van der Waals surface area contributed by atoms with Crippen molar-refractivity contribution in [3.8, 4) is 0 Å². The van der Waals surface area contributed by atoms with Gasteiger partial charge in [0, 0.05) is 47.4 Å². The fourth-order valence-electron chi connectivity index (χ4n) is 4.27. The number of hydrogen-bond acceptors (Lipinski definition) is 4. The molecule has 0 spiro atoms. The second-order valence-corrected chi connectivity index (χ2v) is 9.30. The first-order valence-corrected chi connectivity index (χ1v) is 10.9. The van der Waals surface area contributed by atoms with Gasteiger partial charge in [0.2, 0.25) is 5.91 Å². The number of amides is 2. The van der Waals surface area contributed by atoms with Crippen LogP contribution in [0.3, 0.4) is 0 Å². The van der Waals surface area contributed by atoms with Gasteiger partial charge in [-0.3, -0.25) is 9.78 Å². The highest BCUT2D eigenvalue weighted by atomic mass is 16.6. The van der Waals surface area contributed by atoms with Gasteiger partial charge in [0.1, 0.15) is 5.60 Å². The molecule has 3 aromatic rings. The Hall–Kier alpha value is -3.41. The highest BCUT2D eigenvalue weighted by Gasteiger charge is 2.41. The molecule has 6 heteroatoms. The van der Waals surface area contributed by atoms with Crippen molar-refractivity contribution in [2.75, 3.05) is 18.4 Å². The molecule has 0 radical (unpaired) electrons. The van der Waals surface area contributed by atoms with Crippen molar-refractivity contribution in [3.63, 3.8) is 0 Å². The zero-order valence-electron chi connectivity index (χ0n) is 19.0. The fourth-order valence-corrected chi connectivity index (χ4v) is 4.27. The van der Waals surface area contributed by atoms with Gasteiger partial charge in [0.15, 0.2) is 0 Å². The molecule has 4 rings (SSSR count). The summed E-state index contributed by atoms with van der Waals surface area (Å²) in [7, 11) is 0. The van der Waals surface area contributed by atoms with Crippen LogP contribution in [0.2, 0.25) is 0 Å². The number of aromatic nitrogens is 1. The molecule has 1 aliphatic heterocycles. The van der Waals surface area contributed by atoms with Gasteiger partial charge in [0.25, 0.3) is 0 Å². The second-order valence-electron chi connectivity index (χ2n) is 9.30. The minimum atomic E-state index is -0.589. The van der Waals surface area contributed by atoms with Gasteiger partial charge >= 0.3 is 6.09 Å². The van der Waals surface area contributed by atoms with E-state index in [0.29, 0.717) is 13.1 Å². The summed E-state index contributed by atoms with van der Waals surface area (Å²) in [5.41, 5.74) is 2.11. The van der Waals surface area contributed by atoms with E-state index in [0.717, 1.165) is 27.7 Å². The quantitative estimate of drug-likeness (QED) is 0.624. The Balaban J connectivity index is 1.61. The maximum Gasteiger partial charge on any atom is 0.410 e. The maximum atomic E-state index is 13.5. The van der Waals surface area contributed by atoms with Crippen LogP contribution in [0.25, 0.3) is 10.8 Å². The van der Waals surface area contributed by atoms with Gasteiger partial charge < -0.3 is 15.0 Å². The summed E-state index contributed by atoms with van der Waals surface area (Å²) in [6.45, 7) is 8.24. The first kappa shape index (κ1) is 21.8. The lowest BCUT2D eigenvalue weighted by Crippen LogP contribution is -2.36. The monoisotopic (exact) mass is 431 g/mol. The molecular formula is C26H29N3O3. The van der Waals surface area contributed by atoms with E-state index in [4.69, 9.17) is 4.74 Å². The molecule has 0 aliphatic carbocycles. The van der Waals surface area contributed by atoms with E-state index in [2.05, 4.69) is 10.3 Å². The molecule has 166 valence electrons. The van der Waals surface area contributed by atoms with E-state index in [1.807, 2.05) is 82.3 Å². The zero-order valence-corrected chi connectivity index (χ0v) is 19.0. The molecule has 0 bridgehead atoms. The van der Waals surface area contributed by atoms with Gasteiger partial charge in [-0.1, -0.05) is 42.5 Å². The molecule has 2 unspecified atom stereocenters. The van der Waals surface area contributed by atoms with Crippen molar-refractivity contribution >= 4 is 28.5 Å². The van der Waals surface area contributed by atoms with Gasteiger partial charge in [-0.25, -0.2) is 4.79 Å². The van der Waals surface area contributed by atoms with E-state index in [1.165, 1.54) is 0 Å². The van der Waals surface area contributed by atoms with Crippen molar-refractivity contribution in [3.05, 3.63) is 72.1 Å². The fraction of sp³-hybridized carbons (Fsp3) is 0.346. The Kier molecular flexibility index (Phi) is 5.87. The molecule has 2 atom stereocenters. The number of fused-ring (bicyclic) bond motifs is 1. The van der Waals surface area contributed by atoms with E-state index in [-0.39, 0.29) is 23.8 Å². The first-order chi connectivity index (χ1) is 15.2. The van der Waals surface area contributed by atoms with Crippen LogP contribution in [0, 0.1) is 12.8 Å². The highest BCUT2D eigenvalue weighted by Crippen LogP contribution is 2.35. The van der Waals surface area contributed by atoms with Crippen molar-refractivity contribution in [1.29, 1.82) is 0 Å². The second kappa shape index (κ2) is 8.61. The van der Waals surface area contributed by atoms with Crippen molar-refractivity contribution in [2.24, 2.45) is 5.92 Å². The summed E-state index contributed by atoms with van der Waals surface area (Å²) in [5, 5.41) is 5.07. The lowest BCUT2D eigenvalue weighted by atomic mass is 9.88. The molecule has 1 N–H and O–H groups in total. The standard InChI is InChI=1S/C26H29N3O3/c1-17-19-11-8-12-23(20(19)13-14-27-17)28-24(30)22-16-29(25(31)32-26(2,3)4)15-21(22)18-9-6-5-7-10-18/h5-14,21-22H,15-16H2,1-4H3,(H,28,30). The van der Waals surface area contributed by atoms with Crippen molar-refractivity contribution in [1.82, 2.24) is 9.88 Å². The van der Waals surface area contributed by atoms with E-state index < -0.39 is 5.60 Å². The topological polar surface area (TPSA) is 71.5 Å². The lowest BCUT2D eigenvalue weighted by molar-refractivity contribution is -0.119. The van der Waals surface area contributed by atoms with E-state index in [1.54, 1.807) is 11.1 Å². The SMILES string of the molecule is Cc1nccc2c(NC(=O)C3CN(C(=O)OC(C)(C)C)CC3c3ccccc3)cccc12. The number of hydrogen-bond donors (Lipinski definition) is 1. The van der Waals surface area contributed by atoms with Crippen LogP contribution in [0.5, 0.6) is 0 Å². The predicted octanol–water partition coefficient (Wildman–Crippen LogP) is 5.13. The van der Waals surface area contributed by atoms with Crippen LogP contribution < -0.4 is 5.32 Å². The number of carbonyl (C=O) groups is 2.